The first-order valence-electron chi connectivity index (χ1n) is 6.91. The van der Waals surface area contributed by atoms with Gasteiger partial charge >= 0.3 is 0 Å². The number of ether oxygens (including phenoxy) is 2. The van der Waals surface area contributed by atoms with E-state index in [-0.39, 0.29) is 17.7 Å². The molecule has 24 heavy (non-hydrogen) atoms. The van der Waals surface area contributed by atoms with Gasteiger partial charge in [-0.1, -0.05) is 40.0 Å². The highest BCUT2D eigenvalue weighted by molar-refractivity contribution is 9.10. The molecule has 2 aromatic rings. The molecule has 2 rings (SSSR count). The van der Waals surface area contributed by atoms with E-state index in [1.165, 1.54) is 13.2 Å². The fraction of sp³-hybridized carbons (Fsp3) is 0.105. The monoisotopic (exact) mass is 385 g/mol. The molecule has 0 heterocycles. The SMILES string of the molecule is C#CCOc1cc(Br)c(/C=C(/C#N)c2ccccc2F)cc1OC. The molecule has 0 radical (unpaired) electrons. The number of terminal acetylenes is 1. The average Bonchev–Trinajstić information content (AvgIpc) is 2.59. The van der Waals surface area contributed by atoms with Gasteiger partial charge < -0.3 is 9.47 Å². The zero-order valence-corrected chi connectivity index (χ0v) is 14.4. The molecule has 0 fully saturated rings. The van der Waals surface area contributed by atoms with Crippen LogP contribution < -0.4 is 9.47 Å². The Morgan fingerprint density at radius 3 is 2.71 bits per heavy atom. The van der Waals surface area contributed by atoms with Crippen molar-refractivity contribution in [2.75, 3.05) is 13.7 Å². The number of rotatable bonds is 5. The Morgan fingerprint density at radius 1 is 1.33 bits per heavy atom. The molecule has 0 N–H and O–H groups in total. The Morgan fingerprint density at radius 2 is 2.08 bits per heavy atom. The van der Waals surface area contributed by atoms with Crippen LogP contribution in [0.2, 0.25) is 0 Å². The van der Waals surface area contributed by atoms with Crippen molar-refractivity contribution in [3.63, 3.8) is 0 Å². The van der Waals surface area contributed by atoms with E-state index in [9.17, 15) is 9.65 Å². The maximum Gasteiger partial charge on any atom is 0.163 e. The molecule has 0 unspecified atom stereocenters. The Bertz CT molecular complexity index is 863. The van der Waals surface area contributed by atoms with E-state index >= 15 is 0 Å². The van der Waals surface area contributed by atoms with E-state index in [2.05, 4.69) is 21.9 Å². The molecule has 0 aliphatic heterocycles. The van der Waals surface area contributed by atoms with E-state index in [0.29, 0.717) is 21.5 Å². The molecule has 0 saturated heterocycles. The van der Waals surface area contributed by atoms with E-state index in [1.807, 2.05) is 6.07 Å². The minimum Gasteiger partial charge on any atom is -0.493 e. The molecule has 3 nitrogen and oxygen atoms in total. The summed E-state index contributed by atoms with van der Waals surface area (Å²) in [5.41, 5.74) is 1.09. The van der Waals surface area contributed by atoms with Gasteiger partial charge in [-0.3, -0.25) is 0 Å². The van der Waals surface area contributed by atoms with Gasteiger partial charge in [0.1, 0.15) is 12.4 Å². The summed E-state index contributed by atoms with van der Waals surface area (Å²) in [7, 11) is 1.50. The fourth-order valence-electron chi connectivity index (χ4n) is 2.06. The summed E-state index contributed by atoms with van der Waals surface area (Å²) in [6.45, 7) is 0.108. The van der Waals surface area contributed by atoms with Gasteiger partial charge in [-0.05, 0) is 29.8 Å². The van der Waals surface area contributed by atoms with Gasteiger partial charge in [-0.2, -0.15) is 5.26 Å². The molecule has 0 atom stereocenters. The molecule has 0 spiro atoms. The lowest BCUT2D eigenvalue weighted by Crippen LogP contribution is -1.97. The highest BCUT2D eigenvalue weighted by Gasteiger charge is 2.12. The van der Waals surface area contributed by atoms with Crippen molar-refractivity contribution >= 4 is 27.6 Å². The molecule has 2 aromatic carbocycles. The molecular weight excluding hydrogens is 373 g/mol. The number of hydrogen-bond donors (Lipinski definition) is 0. The van der Waals surface area contributed by atoms with Crippen LogP contribution in [-0.2, 0) is 0 Å². The number of hydrogen-bond acceptors (Lipinski definition) is 3. The van der Waals surface area contributed by atoms with Crippen LogP contribution in [0.5, 0.6) is 11.5 Å². The average molecular weight is 386 g/mol. The van der Waals surface area contributed by atoms with E-state index in [0.717, 1.165) is 0 Å². The summed E-state index contributed by atoms with van der Waals surface area (Å²) < 4.78 is 25.3. The van der Waals surface area contributed by atoms with Gasteiger partial charge in [0.25, 0.3) is 0 Å². The summed E-state index contributed by atoms with van der Waals surface area (Å²) >= 11 is 3.42. The molecule has 5 heteroatoms. The van der Waals surface area contributed by atoms with E-state index in [4.69, 9.17) is 15.9 Å². The lowest BCUT2D eigenvalue weighted by Gasteiger charge is -2.11. The number of benzene rings is 2. The Kier molecular flexibility index (Phi) is 6.01. The second kappa shape index (κ2) is 8.19. The Balaban J connectivity index is 2.50. The highest BCUT2D eigenvalue weighted by Crippen LogP contribution is 2.35. The van der Waals surface area contributed by atoms with Crippen molar-refractivity contribution in [1.29, 1.82) is 5.26 Å². The van der Waals surface area contributed by atoms with Gasteiger partial charge in [0, 0.05) is 10.0 Å². The second-order valence-corrected chi connectivity index (χ2v) is 5.52. The summed E-state index contributed by atoms with van der Waals surface area (Å²) in [6, 6.07) is 11.5. The van der Waals surface area contributed by atoms with Crippen LogP contribution in [-0.4, -0.2) is 13.7 Å². The van der Waals surface area contributed by atoms with Crippen molar-refractivity contribution in [2.45, 2.75) is 0 Å². The van der Waals surface area contributed by atoms with Gasteiger partial charge in [0.2, 0.25) is 0 Å². The number of halogens is 2. The lowest BCUT2D eigenvalue weighted by molar-refractivity contribution is 0.330. The number of methoxy groups -OCH3 is 1. The minimum absolute atomic E-state index is 0.108. The van der Waals surface area contributed by atoms with Crippen LogP contribution in [0.25, 0.3) is 11.6 Å². The Labute approximate surface area is 148 Å². The lowest BCUT2D eigenvalue weighted by atomic mass is 10.0. The van der Waals surface area contributed by atoms with Crippen LogP contribution in [0.1, 0.15) is 11.1 Å². The molecule has 0 saturated carbocycles. The molecule has 0 amide bonds. The molecule has 0 aliphatic carbocycles. The molecule has 0 aliphatic rings. The fourth-order valence-corrected chi connectivity index (χ4v) is 2.50. The molecular formula is C19H13BrFNO2. The number of nitrogens with zero attached hydrogens (tertiary/aromatic N) is 1. The van der Waals surface area contributed by atoms with Crippen molar-refractivity contribution in [1.82, 2.24) is 0 Å². The summed E-state index contributed by atoms with van der Waals surface area (Å²) in [4.78, 5) is 0. The van der Waals surface area contributed by atoms with E-state index < -0.39 is 5.82 Å². The normalized spacial score (nSPS) is 10.6. The third kappa shape index (κ3) is 3.95. The van der Waals surface area contributed by atoms with Crippen LogP contribution in [0.3, 0.4) is 0 Å². The number of allylic oxidation sites excluding steroid dienone is 1. The quantitative estimate of drug-likeness (QED) is 0.426. The number of nitriles is 1. The first-order valence-corrected chi connectivity index (χ1v) is 7.70. The van der Waals surface area contributed by atoms with Crippen LogP contribution >= 0.6 is 15.9 Å². The van der Waals surface area contributed by atoms with Crippen molar-refractivity contribution in [3.8, 4) is 29.9 Å². The maximum absolute atomic E-state index is 13.9. The first-order chi connectivity index (χ1) is 11.6. The maximum atomic E-state index is 13.9. The minimum atomic E-state index is -0.456. The topological polar surface area (TPSA) is 42.2 Å². The summed E-state index contributed by atoms with van der Waals surface area (Å²) in [6.07, 6.45) is 6.77. The van der Waals surface area contributed by atoms with Gasteiger partial charge in [0.05, 0.1) is 18.8 Å². The van der Waals surface area contributed by atoms with Crippen molar-refractivity contribution < 1.29 is 13.9 Å². The summed E-state index contributed by atoms with van der Waals surface area (Å²) in [5.74, 6) is 2.86. The first kappa shape index (κ1) is 17.6. The predicted molar refractivity (Wildman–Crippen MR) is 94.9 cm³/mol. The standard InChI is InChI=1S/C19H13BrFNO2/c1-3-8-24-19-11-16(20)13(10-18(19)23-2)9-14(12-22)15-6-4-5-7-17(15)21/h1,4-7,9-11H,8H2,2H3/b14-9-. The zero-order valence-electron chi connectivity index (χ0n) is 12.8. The van der Waals surface area contributed by atoms with Crippen LogP contribution in [0.4, 0.5) is 4.39 Å². The smallest absolute Gasteiger partial charge is 0.163 e. The van der Waals surface area contributed by atoms with Gasteiger partial charge in [-0.25, -0.2) is 4.39 Å². The van der Waals surface area contributed by atoms with Crippen molar-refractivity contribution in [2.24, 2.45) is 0 Å². The predicted octanol–water partition coefficient (Wildman–Crippen LogP) is 4.67. The Hall–Kier alpha value is -2.76. The molecule has 120 valence electrons. The van der Waals surface area contributed by atoms with Crippen molar-refractivity contribution in [3.05, 3.63) is 57.8 Å². The molecule has 0 aromatic heterocycles. The van der Waals surface area contributed by atoms with Gasteiger partial charge in [0.15, 0.2) is 11.5 Å². The largest absolute Gasteiger partial charge is 0.493 e. The molecule has 0 bridgehead atoms. The third-order valence-corrected chi connectivity index (χ3v) is 3.87. The van der Waals surface area contributed by atoms with Crippen LogP contribution in [0.15, 0.2) is 40.9 Å². The van der Waals surface area contributed by atoms with Crippen LogP contribution in [0, 0.1) is 29.5 Å². The second-order valence-electron chi connectivity index (χ2n) is 4.67. The zero-order chi connectivity index (χ0) is 17.5. The van der Waals surface area contributed by atoms with Gasteiger partial charge in [-0.15, -0.1) is 6.42 Å². The van der Waals surface area contributed by atoms with E-state index in [1.54, 1.807) is 36.4 Å². The third-order valence-electron chi connectivity index (χ3n) is 3.18. The highest BCUT2D eigenvalue weighted by atomic mass is 79.9. The summed E-state index contributed by atoms with van der Waals surface area (Å²) in [5, 5.41) is 9.37.